The molecule has 0 bridgehead atoms. The molecule has 0 aliphatic heterocycles. The van der Waals surface area contributed by atoms with Gasteiger partial charge in [0.05, 0.1) is 10.2 Å². The fourth-order valence-electron chi connectivity index (χ4n) is 2.10. The predicted molar refractivity (Wildman–Crippen MR) is 99.8 cm³/mol. The number of halogens is 2. The Balaban J connectivity index is 1.73. The van der Waals surface area contributed by atoms with Crippen LogP contribution in [0.5, 0.6) is 0 Å². The third kappa shape index (κ3) is 4.90. The molecular weight excluding hydrogens is 437 g/mol. The van der Waals surface area contributed by atoms with Crippen molar-refractivity contribution in [3.8, 4) is 0 Å². The largest absolute Gasteiger partial charge is 0.444 e. The van der Waals surface area contributed by atoms with E-state index in [2.05, 4.69) is 41.2 Å². The first kappa shape index (κ1) is 19.5. The highest BCUT2D eigenvalue weighted by Gasteiger charge is 2.19. The van der Waals surface area contributed by atoms with E-state index in [1.54, 1.807) is 12.1 Å². The first-order valence-electron chi connectivity index (χ1n) is 7.81. The van der Waals surface area contributed by atoms with Crippen LogP contribution in [0.15, 0.2) is 62.6 Å². The van der Waals surface area contributed by atoms with Gasteiger partial charge in [-0.3, -0.25) is 16.0 Å². The second-order valence-corrected chi connectivity index (χ2v) is 6.17. The molecule has 2 aromatic carbocycles. The molecule has 3 rings (SSSR count). The number of amides is 1. The Bertz CT molecular complexity index is 996. The van der Waals surface area contributed by atoms with Crippen molar-refractivity contribution in [3.63, 3.8) is 0 Å². The highest BCUT2D eigenvalue weighted by atomic mass is 79.9. The first-order chi connectivity index (χ1) is 13.6. The van der Waals surface area contributed by atoms with Crippen molar-refractivity contribution < 1.29 is 23.8 Å². The van der Waals surface area contributed by atoms with Gasteiger partial charge in [-0.15, -0.1) is 0 Å². The van der Waals surface area contributed by atoms with Crippen LogP contribution in [0.25, 0.3) is 0 Å². The molecular formula is C17H13BrFN5O4. The molecule has 0 unspecified atom stereocenters. The number of nitrogens with one attached hydrogen (secondary N) is 2. The van der Waals surface area contributed by atoms with E-state index in [-0.39, 0.29) is 28.4 Å². The highest BCUT2D eigenvalue weighted by Crippen LogP contribution is 2.23. The van der Waals surface area contributed by atoms with Crippen LogP contribution in [0.3, 0.4) is 0 Å². The molecule has 9 nitrogen and oxygen atoms in total. The van der Waals surface area contributed by atoms with E-state index in [9.17, 15) is 14.4 Å². The Hall–Kier alpha value is -3.31. The van der Waals surface area contributed by atoms with Crippen LogP contribution in [0.1, 0.15) is 11.3 Å². The molecule has 28 heavy (non-hydrogen) atoms. The van der Waals surface area contributed by atoms with Gasteiger partial charge in [0.2, 0.25) is 5.82 Å². The summed E-state index contributed by atoms with van der Waals surface area (Å²) < 4.78 is 23.2. The van der Waals surface area contributed by atoms with Crippen LogP contribution in [0, 0.1) is 5.82 Å². The summed E-state index contributed by atoms with van der Waals surface area (Å²) in [5.74, 6) is -0.776. The zero-order valence-electron chi connectivity index (χ0n) is 14.1. The Labute approximate surface area is 166 Å². The van der Waals surface area contributed by atoms with Crippen LogP contribution >= 0.6 is 15.9 Å². The quantitative estimate of drug-likeness (QED) is 0.307. The van der Waals surface area contributed by atoms with Gasteiger partial charge in [0.25, 0.3) is 0 Å². The molecule has 0 fully saturated rings. The number of ether oxygens (including phenoxy) is 1. The molecule has 11 heteroatoms. The number of nitrogens with zero attached hydrogens (tertiary/aromatic N) is 3. The highest BCUT2D eigenvalue weighted by molar-refractivity contribution is 9.10. The number of aliphatic imine (C=N–C) groups is 1. The average Bonchev–Trinajstić information content (AvgIpc) is 3.16. The van der Waals surface area contributed by atoms with E-state index >= 15 is 0 Å². The summed E-state index contributed by atoms with van der Waals surface area (Å²) in [6.45, 7) is 0.0517. The third-order valence-corrected chi connectivity index (χ3v) is 4.00. The molecule has 3 aromatic rings. The van der Waals surface area contributed by atoms with E-state index in [0.717, 1.165) is 5.56 Å². The van der Waals surface area contributed by atoms with E-state index in [1.807, 2.05) is 23.7 Å². The maximum Gasteiger partial charge on any atom is 0.413 e. The van der Waals surface area contributed by atoms with E-state index in [4.69, 9.17) is 4.74 Å². The van der Waals surface area contributed by atoms with Gasteiger partial charge in [-0.25, -0.2) is 18.8 Å². The predicted octanol–water partition coefficient (Wildman–Crippen LogP) is 3.78. The van der Waals surface area contributed by atoms with Gasteiger partial charge in [0.15, 0.2) is 11.5 Å². The third-order valence-electron chi connectivity index (χ3n) is 3.40. The second kappa shape index (κ2) is 9.06. The minimum absolute atomic E-state index is 0.0517. The van der Waals surface area contributed by atoms with Crippen molar-refractivity contribution in [1.82, 2.24) is 15.8 Å². The molecule has 1 amide bonds. The van der Waals surface area contributed by atoms with Crippen molar-refractivity contribution in [2.45, 2.75) is 6.61 Å². The lowest BCUT2D eigenvalue weighted by Crippen LogP contribution is -2.23. The zero-order chi connectivity index (χ0) is 19.9. The number of hydrogen-bond acceptors (Lipinski definition) is 7. The Kier molecular flexibility index (Phi) is 6.29. The standard InChI is InChI=1S/C17H13BrFN5O4/c18-12-8-11(6-7-13(12)19)20-15(22-26)14-16(24-28-23-14)21-17(25)27-9-10-4-2-1-3-5-10/h1-8,26H,9H2,(H,20,22)(H,21,24,25). The number of aromatic nitrogens is 2. The summed E-state index contributed by atoms with van der Waals surface area (Å²) in [5, 5.41) is 18.9. The second-order valence-electron chi connectivity index (χ2n) is 5.32. The van der Waals surface area contributed by atoms with Gasteiger partial charge in [0.1, 0.15) is 12.4 Å². The first-order valence-corrected chi connectivity index (χ1v) is 8.60. The van der Waals surface area contributed by atoms with Crippen molar-refractivity contribution in [2.75, 3.05) is 5.32 Å². The number of rotatable bonds is 5. The van der Waals surface area contributed by atoms with Crippen LogP contribution in [0.4, 0.5) is 20.7 Å². The van der Waals surface area contributed by atoms with Gasteiger partial charge >= 0.3 is 6.09 Å². The van der Waals surface area contributed by atoms with Gasteiger partial charge in [-0.05, 0) is 50.0 Å². The molecule has 1 aromatic heterocycles. The molecule has 0 saturated heterocycles. The van der Waals surface area contributed by atoms with Gasteiger partial charge in [0, 0.05) is 0 Å². The molecule has 3 N–H and O–H groups in total. The summed E-state index contributed by atoms with van der Waals surface area (Å²) >= 11 is 3.04. The fraction of sp³-hybridized carbons (Fsp3) is 0.0588. The van der Waals surface area contributed by atoms with Crippen LogP contribution in [-0.2, 0) is 11.3 Å². The molecule has 1 heterocycles. The number of hydrogen-bond donors (Lipinski definition) is 3. The maximum absolute atomic E-state index is 13.3. The SMILES string of the molecule is O=C(Nc1nonc1C(=Nc1ccc(F)c(Br)c1)NO)OCc1ccccc1. The summed E-state index contributed by atoms with van der Waals surface area (Å²) in [6.07, 6.45) is -0.803. The fourth-order valence-corrected chi connectivity index (χ4v) is 2.46. The number of hydroxylamine groups is 1. The Morgan fingerprint density at radius 1 is 1.25 bits per heavy atom. The Morgan fingerprint density at radius 3 is 2.75 bits per heavy atom. The van der Waals surface area contributed by atoms with Crippen LogP contribution in [0.2, 0.25) is 0 Å². The number of benzene rings is 2. The lowest BCUT2D eigenvalue weighted by atomic mass is 10.2. The maximum atomic E-state index is 13.3. The van der Waals surface area contributed by atoms with Crippen molar-refractivity contribution in [3.05, 3.63) is 70.1 Å². The minimum atomic E-state index is -0.803. The molecule has 0 saturated carbocycles. The summed E-state index contributed by atoms with van der Waals surface area (Å²) in [4.78, 5) is 16.1. The van der Waals surface area contributed by atoms with Crippen LogP contribution in [-0.4, -0.2) is 27.4 Å². The molecule has 0 aliphatic carbocycles. The van der Waals surface area contributed by atoms with Crippen molar-refractivity contribution >= 4 is 39.4 Å². The van der Waals surface area contributed by atoms with Gasteiger partial charge in [-0.1, -0.05) is 30.3 Å². The minimum Gasteiger partial charge on any atom is -0.444 e. The Morgan fingerprint density at radius 2 is 2.04 bits per heavy atom. The molecule has 0 spiro atoms. The number of anilines is 1. The van der Waals surface area contributed by atoms with Crippen molar-refractivity contribution in [2.24, 2.45) is 4.99 Å². The van der Waals surface area contributed by atoms with Gasteiger partial charge in [-0.2, -0.15) is 0 Å². The van der Waals surface area contributed by atoms with Gasteiger partial charge < -0.3 is 4.74 Å². The average molecular weight is 450 g/mol. The zero-order valence-corrected chi connectivity index (χ0v) is 15.7. The van der Waals surface area contributed by atoms with E-state index < -0.39 is 11.9 Å². The topological polar surface area (TPSA) is 122 Å². The summed E-state index contributed by atoms with van der Waals surface area (Å²) in [6, 6.07) is 13.1. The summed E-state index contributed by atoms with van der Waals surface area (Å²) in [7, 11) is 0. The van der Waals surface area contributed by atoms with E-state index in [1.165, 1.54) is 18.2 Å². The van der Waals surface area contributed by atoms with Crippen LogP contribution < -0.4 is 10.8 Å². The number of amidine groups is 1. The molecule has 0 radical (unpaired) electrons. The normalized spacial score (nSPS) is 11.2. The lowest BCUT2D eigenvalue weighted by Gasteiger charge is -2.06. The monoisotopic (exact) mass is 449 g/mol. The van der Waals surface area contributed by atoms with Crippen molar-refractivity contribution in [1.29, 1.82) is 0 Å². The van der Waals surface area contributed by atoms with E-state index in [0.29, 0.717) is 5.69 Å². The molecule has 0 aliphatic rings. The number of carbonyl (C=O) groups excluding carboxylic acids is 1. The molecule has 0 atom stereocenters. The smallest absolute Gasteiger partial charge is 0.413 e. The lowest BCUT2D eigenvalue weighted by molar-refractivity contribution is 0.155. The molecule has 144 valence electrons. The number of carbonyl (C=O) groups is 1. The summed E-state index contributed by atoms with van der Waals surface area (Å²) in [5.41, 5.74) is 2.86.